The molecule has 1 fully saturated rings. The number of nitrogens with one attached hydrogen (secondary N) is 2. The first-order valence-electron chi connectivity index (χ1n) is 9.17. The number of rotatable bonds is 4. The summed E-state index contributed by atoms with van der Waals surface area (Å²) in [7, 11) is 0. The largest absolute Gasteiger partial charge is 0.487 e. The molecule has 1 aromatic heterocycles. The molecule has 0 saturated carbocycles. The number of ether oxygens (including phenoxy) is 1. The van der Waals surface area contributed by atoms with E-state index >= 15 is 0 Å². The summed E-state index contributed by atoms with van der Waals surface area (Å²) in [6, 6.07) is 5.60. The molecule has 1 aromatic carbocycles. The van der Waals surface area contributed by atoms with E-state index in [0.29, 0.717) is 19.4 Å². The molecular formula is C20H22N4O3. The van der Waals surface area contributed by atoms with Crippen molar-refractivity contribution in [3.8, 4) is 17.0 Å². The van der Waals surface area contributed by atoms with E-state index in [-0.39, 0.29) is 17.9 Å². The van der Waals surface area contributed by atoms with Gasteiger partial charge in [-0.25, -0.2) is 4.98 Å². The molecule has 2 aliphatic rings. The minimum absolute atomic E-state index is 0.0704. The highest BCUT2D eigenvalue weighted by atomic mass is 16.5. The highest BCUT2D eigenvalue weighted by Crippen LogP contribution is 2.38. The summed E-state index contributed by atoms with van der Waals surface area (Å²) in [5.74, 6) is 0.592. The number of amides is 2. The van der Waals surface area contributed by atoms with Crippen molar-refractivity contribution in [2.45, 2.75) is 45.3 Å². The number of carbonyl (C=O) groups is 2. The number of benzene rings is 1. The third-order valence-electron chi connectivity index (χ3n) is 4.98. The number of para-hydroxylation sites is 1. The highest BCUT2D eigenvalue weighted by Gasteiger charge is 2.30. The molecule has 2 aliphatic heterocycles. The van der Waals surface area contributed by atoms with Crippen molar-refractivity contribution in [2.24, 2.45) is 0 Å². The smallest absolute Gasteiger partial charge is 0.242 e. The zero-order chi connectivity index (χ0) is 19.0. The molecule has 1 saturated heterocycles. The number of nitrogens with zero attached hydrogens (tertiary/aromatic N) is 2. The van der Waals surface area contributed by atoms with E-state index in [2.05, 4.69) is 20.6 Å². The van der Waals surface area contributed by atoms with Crippen LogP contribution in [0.5, 0.6) is 5.75 Å². The molecule has 2 atom stereocenters. The SMILES string of the molecule is Cc1cnc(C)c(-c2cccc3c2OC(CNC(=O)[C@@H]2CCC(=O)N2)C3)n1. The van der Waals surface area contributed by atoms with Gasteiger partial charge in [0, 0.05) is 24.6 Å². The van der Waals surface area contributed by atoms with Crippen molar-refractivity contribution < 1.29 is 14.3 Å². The summed E-state index contributed by atoms with van der Waals surface area (Å²) >= 11 is 0. The molecule has 4 rings (SSSR count). The maximum atomic E-state index is 12.2. The van der Waals surface area contributed by atoms with Crippen LogP contribution >= 0.6 is 0 Å². The van der Waals surface area contributed by atoms with Crippen molar-refractivity contribution in [1.82, 2.24) is 20.6 Å². The van der Waals surface area contributed by atoms with Gasteiger partial charge in [-0.1, -0.05) is 12.1 Å². The topological polar surface area (TPSA) is 93.2 Å². The van der Waals surface area contributed by atoms with Crippen molar-refractivity contribution in [3.63, 3.8) is 0 Å². The molecule has 0 aliphatic carbocycles. The van der Waals surface area contributed by atoms with E-state index < -0.39 is 6.04 Å². The standard InChI is InChI=1S/C20H22N4O3/c1-11-9-21-12(2)18(23-11)15-5-3-4-13-8-14(27-19(13)15)10-22-20(26)16-6-7-17(25)24-16/h3-5,9,14,16H,6-8,10H2,1-2H3,(H,22,26)(H,24,25)/t14?,16-/m0/s1. The molecule has 2 aromatic rings. The fraction of sp³-hybridized carbons (Fsp3) is 0.400. The van der Waals surface area contributed by atoms with Crippen LogP contribution in [0.15, 0.2) is 24.4 Å². The number of hydrogen-bond donors (Lipinski definition) is 2. The molecule has 2 N–H and O–H groups in total. The van der Waals surface area contributed by atoms with Crippen LogP contribution in [0.1, 0.15) is 29.8 Å². The first-order valence-corrected chi connectivity index (χ1v) is 9.17. The third kappa shape index (κ3) is 3.49. The van der Waals surface area contributed by atoms with Crippen LogP contribution in [0.3, 0.4) is 0 Å². The van der Waals surface area contributed by atoms with E-state index in [1.54, 1.807) is 6.20 Å². The lowest BCUT2D eigenvalue weighted by atomic mass is 10.0. The maximum Gasteiger partial charge on any atom is 0.242 e. The van der Waals surface area contributed by atoms with Gasteiger partial charge in [0.2, 0.25) is 11.8 Å². The van der Waals surface area contributed by atoms with Crippen molar-refractivity contribution in [1.29, 1.82) is 0 Å². The van der Waals surface area contributed by atoms with Gasteiger partial charge >= 0.3 is 0 Å². The van der Waals surface area contributed by atoms with Gasteiger partial charge in [0.05, 0.1) is 23.6 Å². The Balaban J connectivity index is 1.47. The van der Waals surface area contributed by atoms with Crippen LogP contribution in [0.25, 0.3) is 11.3 Å². The molecule has 0 radical (unpaired) electrons. The number of aryl methyl sites for hydroxylation is 2. The predicted octanol–water partition coefficient (Wildman–Crippen LogP) is 1.46. The fourth-order valence-corrected chi connectivity index (χ4v) is 3.58. The lowest BCUT2D eigenvalue weighted by Gasteiger charge is -2.16. The Morgan fingerprint density at radius 3 is 3.00 bits per heavy atom. The lowest BCUT2D eigenvalue weighted by Crippen LogP contribution is -2.44. The molecule has 1 unspecified atom stereocenters. The van der Waals surface area contributed by atoms with Crippen LogP contribution in [-0.2, 0) is 16.0 Å². The maximum absolute atomic E-state index is 12.2. The van der Waals surface area contributed by atoms with Gasteiger partial charge in [0.1, 0.15) is 17.9 Å². The second-order valence-electron chi connectivity index (χ2n) is 7.09. The van der Waals surface area contributed by atoms with Crippen LogP contribution < -0.4 is 15.4 Å². The molecule has 7 heteroatoms. The minimum Gasteiger partial charge on any atom is -0.487 e. The van der Waals surface area contributed by atoms with Gasteiger partial charge in [0.25, 0.3) is 0 Å². The van der Waals surface area contributed by atoms with Crippen LogP contribution in [-0.4, -0.2) is 40.5 Å². The monoisotopic (exact) mass is 366 g/mol. The van der Waals surface area contributed by atoms with Crippen molar-refractivity contribution >= 4 is 11.8 Å². The molecule has 7 nitrogen and oxygen atoms in total. The zero-order valence-electron chi connectivity index (χ0n) is 15.4. The Morgan fingerprint density at radius 2 is 2.22 bits per heavy atom. The quantitative estimate of drug-likeness (QED) is 0.854. The van der Waals surface area contributed by atoms with E-state index in [1.165, 1.54) is 0 Å². The average molecular weight is 366 g/mol. The summed E-state index contributed by atoms with van der Waals surface area (Å²) in [6.45, 7) is 4.25. The van der Waals surface area contributed by atoms with Gasteiger partial charge < -0.3 is 15.4 Å². The Hall–Kier alpha value is -2.96. The zero-order valence-corrected chi connectivity index (χ0v) is 15.4. The molecule has 140 valence electrons. The number of hydrogen-bond acceptors (Lipinski definition) is 5. The summed E-state index contributed by atoms with van der Waals surface area (Å²) in [5, 5.41) is 5.58. The Kier molecular flexibility index (Phi) is 4.51. The highest BCUT2D eigenvalue weighted by molar-refractivity contribution is 5.90. The van der Waals surface area contributed by atoms with Crippen LogP contribution in [0, 0.1) is 13.8 Å². The number of fused-ring (bicyclic) bond motifs is 1. The van der Waals surface area contributed by atoms with Crippen molar-refractivity contribution in [2.75, 3.05) is 6.54 Å². The van der Waals surface area contributed by atoms with Gasteiger partial charge in [-0.3, -0.25) is 14.6 Å². The Labute approximate surface area is 157 Å². The predicted molar refractivity (Wildman–Crippen MR) is 99.2 cm³/mol. The second kappa shape index (κ2) is 6.98. The summed E-state index contributed by atoms with van der Waals surface area (Å²) in [5.41, 5.74) is 4.56. The Bertz CT molecular complexity index is 912. The van der Waals surface area contributed by atoms with E-state index in [0.717, 1.165) is 40.4 Å². The first-order chi connectivity index (χ1) is 13.0. The molecule has 2 amide bonds. The summed E-state index contributed by atoms with van der Waals surface area (Å²) in [6.07, 6.45) is 3.29. The van der Waals surface area contributed by atoms with Crippen LogP contribution in [0.4, 0.5) is 0 Å². The van der Waals surface area contributed by atoms with E-state index in [9.17, 15) is 9.59 Å². The molecule has 3 heterocycles. The molecule has 27 heavy (non-hydrogen) atoms. The van der Waals surface area contributed by atoms with Crippen molar-refractivity contribution in [3.05, 3.63) is 41.3 Å². The molecule has 0 spiro atoms. The average Bonchev–Trinajstić information content (AvgIpc) is 3.27. The van der Waals surface area contributed by atoms with E-state index in [4.69, 9.17) is 4.74 Å². The van der Waals surface area contributed by atoms with Gasteiger partial charge in [-0.15, -0.1) is 0 Å². The van der Waals surface area contributed by atoms with Crippen LogP contribution in [0.2, 0.25) is 0 Å². The van der Waals surface area contributed by atoms with E-state index in [1.807, 2.05) is 32.0 Å². The lowest BCUT2D eigenvalue weighted by molar-refractivity contribution is -0.126. The van der Waals surface area contributed by atoms with Gasteiger partial charge in [0.15, 0.2) is 0 Å². The third-order valence-corrected chi connectivity index (χ3v) is 4.98. The fourth-order valence-electron chi connectivity index (χ4n) is 3.58. The first kappa shape index (κ1) is 17.5. The number of aromatic nitrogens is 2. The summed E-state index contributed by atoms with van der Waals surface area (Å²) < 4.78 is 6.15. The van der Waals surface area contributed by atoms with Gasteiger partial charge in [-0.05, 0) is 31.9 Å². The van der Waals surface area contributed by atoms with Gasteiger partial charge in [-0.2, -0.15) is 0 Å². The molecule has 0 bridgehead atoms. The second-order valence-corrected chi connectivity index (χ2v) is 7.09. The minimum atomic E-state index is -0.429. The normalized spacial score (nSPS) is 20.7. The number of carbonyl (C=O) groups excluding carboxylic acids is 2. The molecular weight excluding hydrogens is 344 g/mol. The Morgan fingerprint density at radius 1 is 1.37 bits per heavy atom. The summed E-state index contributed by atoms with van der Waals surface area (Å²) in [4.78, 5) is 32.5.